The molecule has 10 heteroatoms. The highest BCUT2D eigenvalue weighted by molar-refractivity contribution is 5.97. The third kappa shape index (κ3) is 5.03. The van der Waals surface area contributed by atoms with Gasteiger partial charge in [0.25, 0.3) is 0 Å². The first-order valence-corrected chi connectivity index (χ1v) is 9.91. The van der Waals surface area contributed by atoms with Gasteiger partial charge in [-0.3, -0.25) is 4.68 Å². The fraction of sp³-hybridized carbons (Fsp3) is 0.333. The number of tetrazole rings is 1. The van der Waals surface area contributed by atoms with Gasteiger partial charge in [0.2, 0.25) is 5.90 Å². The van der Waals surface area contributed by atoms with Crippen LogP contribution in [0.15, 0.2) is 58.1 Å². The lowest BCUT2D eigenvalue weighted by molar-refractivity contribution is 0.282. The molecule has 0 fully saturated rings. The number of ether oxygens (including phenoxy) is 1. The number of aromatic nitrogens is 6. The van der Waals surface area contributed by atoms with Gasteiger partial charge in [0.15, 0.2) is 0 Å². The Labute approximate surface area is 180 Å². The lowest BCUT2D eigenvalue weighted by Crippen LogP contribution is -2.23. The van der Waals surface area contributed by atoms with Gasteiger partial charge in [-0.2, -0.15) is 19.6 Å². The molecule has 0 saturated heterocycles. The van der Waals surface area contributed by atoms with Crippen molar-refractivity contribution >= 4 is 11.6 Å². The molecule has 0 unspecified atom stereocenters. The number of aryl methyl sites for hydroxylation is 2. The van der Waals surface area contributed by atoms with E-state index in [0.717, 1.165) is 16.8 Å². The van der Waals surface area contributed by atoms with Crippen molar-refractivity contribution in [3.05, 3.63) is 70.4 Å². The molecule has 0 aliphatic carbocycles. The van der Waals surface area contributed by atoms with Crippen LogP contribution in [0.3, 0.4) is 0 Å². The largest absolute Gasteiger partial charge is 0.475 e. The zero-order chi connectivity index (χ0) is 22.4. The molecule has 0 aliphatic rings. The molecule has 2 aromatic heterocycles. The Kier molecular flexibility index (Phi) is 6.91. The normalized spacial score (nSPS) is 12.3. The van der Waals surface area contributed by atoms with Gasteiger partial charge in [0.1, 0.15) is 12.3 Å². The molecule has 0 spiro atoms. The Hall–Kier alpha value is -3.82. The molecule has 31 heavy (non-hydrogen) atoms. The van der Waals surface area contributed by atoms with Crippen LogP contribution < -0.4 is 5.69 Å². The van der Waals surface area contributed by atoms with Crippen LogP contribution in [0.2, 0.25) is 0 Å². The third-order valence-corrected chi connectivity index (χ3v) is 4.66. The van der Waals surface area contributed by atoms with Crippen LogP contribution in [0, 0.1) is 6.92 Å². The van der Waals surface area contributed by atoms with E-state index >= 15 is 0 Å². The first kappa shape index (κ1) is 21.9. The lowest BCUT2D eigenvalue weighted by Gasteiger charge is -2.13. The van der Waals surface area contributed by atoms with Gasteiger partial charge in [-0.15, -0.1) is 11.7 Å². The summed E-state index contributed by atoms with van der Waals surface area (Å²) in [6, 6.07) is 7.51. The predicted octanol–water partition coefficient (Wildman–Crippen LogP) is 2.41. The summed E-state index contributed by atoms with van der Waals surface area (Å²) in [6.07, 6.45) is 4.21. The predicted molar refractivity (Wildman–Crippen MR) is 118 cm³/mol. The number of rotatable bonds is 8. The van der Waals surface area contributed by atoms with Crippen molar-refractivity contribution in [1.82, 2.24) is 29.6 Å². The molecule has 0 bridgehead atoms. The quantitative estimate of drug-likeness (QED) is 0.240. The summed E-state index contributed by atoms with van der Waals surface area (Å²) in [4.78, 5) is 12.3. The fourth-order valence-corrected chi connectivity index (χ4v) is 2.87. The molecule has 0 N–H and O–H groups in total. The molecule has 0 radical (unpaired) electrons. The number of nitrogens with zero attached hydrogens (tertiary/aromatic N) is 8. The van der Waals surface area contributed by atoms with E-state index in [1.807, 2.05) is 51.2 Å². The molecular weight excluding hydrogens is 396 g/mol. The number of hydrogen-bond acceptors (Lipinski definition) is 7. The highest BCUT2D eigenvalue weighted by Gasteiger charge is 2.14. The van der Waals surface area contributed by atoms with Crippen molar-refractivity contribution in [2.75, 3.05) is 0 Å². The maximum absolute atomic E-state index is 12.3. The van der Waals surface area contributed by atoms with Gasteiger partial charge in [-0.25, -0.2) is 4.79 Å². The zero-order valence-electron chi connectivity index (χ0n) is 18.2. The van der Waals surface area contributed by atoms with E-state index in [-0.39, 0.29) is 12.3 Å². The van der Waals surface area contributed by atoms with Gasteiger partial charge in [0.05, 0.1) is 17.9 Å². The smallest absolute Gasteiger partial charge is 0.368 e. The van der Waals surface area contributed by atoms with Crippen LogP contribution in [0.1, 0.15) is 37.1 Å². The second kappa shape index (κ2) is 9.79. The summed E-state index contributed by atoms with van der Waals surface area (Å²) in [6.45, 7) is 10.3. The summed E-state index contributed by atoms with van der Waals surface area (Å²) in [5.74, 6) is 0.477. The average molecular weight is 422 g/mol. The zero-order valence-corrected chi connectivity index (χ0v) is 18.2. The Morgan fingerprint density at radius 2 is 2.06 bits per heavy atom. The first-order valence-electron chi connectivity index (χ1n) is 9.91. The summed E-state index contributed by atoms with van der Waals surface area (Å²) in [5, 5.41) is 20.7. The van der Waals surface area contributed by atoms with Gasteiger partial charge in [0, 0.05) is 25.2 Å². The van der Waals surface area contributed by atoms with Crippen molar-refractivity contribution in [2.45, 2.75) is 40.3 Å². The maximum atomic E-state index is 12.3. The van der Waals surface area contributed by atoms with Crippen molar-refractivity contribution in [3.8, 4) is 5.69 Å². The van der Waals surface area contributed by atoms with E-state index in [9.17, 15) is 4.79 Å². The Morgan fingerprint density at radius 3 is 2.74 bits per heavy atom. The molecule has 0 saturated carbocycles. The summed E-state index contributed by atoms with van der Waals surface area (Å²) in [5.41, 5.74) is 3.52. The second-order valence-corrected chi connectivity index (χ2v) is 6.90. The van der Waals surface area contributed by atoms with Gasteiger partial charge < -0.3 is 4.74 Å². The van der Waals surface area contributed by atoms with E-state index in [2.05, 4.69) is 32.3 Å². The minimum Gasteiger partial charge on any atom is -0.475 e. The van der Waals surface area contributed by atoms with Crippen molar-refractivity contribution in [3.63, 3.8) is 0 Å². The minimum atomic E-state index is -0.327. The standard InChI is InChI=1S/C21H26N8O2/c1-6-12-28-13-11-18(24-28)16(4)22-23-20(7-2)31-14-17-15(3)9-8-10-19(17)29-21(30)27(5)25-26-29/h6,8-11,13H,1,7,12,14H2,2-5H3/b22-16-,23-20-. The van der Waals surface area contributed by atoms with Crippen LogP contribution in [0.5, 0.6) is 0 Å². The SMILES string of the molecule is C=CCn1ccc(/C(C)=N\N=C(\CC)OCc2c(C)cccc2-n2nnn(C)c2=O)n1. The van der Waals surface area contributed by atoms with Crippen LogP contribution in [0.4, 0.5) is 0 Å². The van der Waals surface area contributed by atoms with Crippen molar-refractivity contribution < 1.29 is 4.74 Å². The molecular formula is C21H26N8O2. The van der Waals surface area contributed by atoms with E-state index in [1.54, 1.807) is 17.8 Å². The van der Waals surface area contributed by atoms with E-state index < -0.39 is 0 Å². The highest BCUT2D eigenvalue weighted by atomic mass is 16.5. The summed E-state index contributed by atoms with van der Waals surface area (Å²) < 4.78 is 10.1. The Balaban J connectivity index is 1.80. The highest BCUT2D eigenvalue weighted by Crippen LogP contribution is 2.18. The topological polar surface area (TPSA) is 104 Å². The summed E-state index contributed by atoms with van der Waals surface area (Å²) in [7, 11) is 1.56. The van der Waals surface area contributed by atoms with Crippen LogP contribution >= 0.6 is 0 Å². The van der Waals surface area contributed by atoms with Crippen LogP contribution in [-0.4, -0.2) is 41.2 Å². The van der Waals surface area contributed by atoms with Crippen molar-refractivity contribution in [2.24, 2.45) is 17.3 Å². The van der Waals surface area contributed by atoms with E-state index in [1.165, 1.54) is 9.36 Å². The lowest BCUT2D eigenvalue weighted by atomic mass is 10.1. The van der Waals surface area contributed by atoms with Gasteiger partial charge in [-0.1, -0.05) is 25.1 Å². The number of benzene rings is 1. The molecule has 10 nitrogen and oxygen atoms in total. The Bertz CT molecular complexity index is 1180. The molecule has 2 heterocycles. The van der Waals surface area contributed by atoms with Crippen LogP contribution in [-0.2, 0) is 24.9 Å². The van der Waals surface area contributed by atoms with Crippen LogP contribution in [0.25, 0.3) is 5.69 Å². The fourth-order valence-electron chi connectivity index (χ4n) is 2.87. The molecule has 0 atom stereocenters. The van der Waals surface area contributed by atoms with Gasteiger partial charge >= 0.3 is 5.69 Å². The molecule has 162 valence electrons. The molecule has 1 aromatic carbocycles. The van der Waals surface area contributed by atoms with E-state index in [4.69, 9.17) is 4.74 Å². The first-order chi connectivity index (χ1) is 14.9. The minimum absolute atomic E-state index is 0.222. The maximum Gasteiger partial charge on any atom is 0.368 e. The second-order valence-electron chi connectivity index (χ2n) is 6.90. The third-order valence-electron chi connectivity index (χ3n) is 4.66. The average Bonchev–Trinajstić information content (AvgIpc) is 3.36. The molecule has 3 aromatic rings. The number of allylic oxidation sites excluding steroid dienone is 1. The molecule has 0 aliphatic heterocycles. The molecule has 3 rings (SSSR count). The van der Waals surface area contributed by atoms with Gasteiger partial charge in [-0.05, 0) is 42.0 Å². The monoisotopic (exact) mass is 422 g/mol. The Morgan fingerprint density at radius 1 is 1.26 bits per heavy atom. The number of hydrogen-bond donors (Lipinski definition) is 0. The van der Waals surface area contributed by atoms with Crippen molar-refractivity contribution in [1.29, 1.82) is 0 Å². The van der Waals surface area contributed by atoms with E-state index in [0.29, 0.717) is 30.3 Å². The summed E-state index contributed by atoms with van der Waals surface area (Å²) >= 11 is 0. The molecule has 0 amide bonds.